The molecule has 2 unspecified atom stereocenters. The molecule has 6 nitrogen and oxygen atoms in total. The lowest BCUT2D eigenvalue weighted by atomic mass is 9.85. The Kier molecular flexibility index (Phi) is 10.0. The minimum atomic E-state index is -0.642. The van der Waals surface area contributed by atoms with Crippen LogP contribution >= 0.6 is 0 Å². The molecule has 0 bridgehead atoms. The van der Waals surface area contributed by atoms with E-state index in [0.29, 0.717) is 25.3 Å². The average Bonchev–Trinajstić information content (AvgIpc) is 2.95. The number of carbonyl (C=O) groups excluding carboxylic acids is 2. The maximum absolute atomic E-state index is 13.7. The van der Waals surface area contributed by atoms with Gasteiger partial charge >= 0.3 is 11.9 Å². The van der Waals surface area contributed by atoms with Crippen LogP contribution < -0.4 is 4.74 Å². The first-order chi connectivity index (χ1) is 18.6. The zero-order valence-corrected chi connectivity index (χ0v) is 21.2. The second kappa shape index (κ2) is 14.1. The zero-order valence-electron chi connectivity index (χ0n) is 21.2. The number of benzene rings is 3. The Morgan fingerprint density at radius 1 is 0.789 bits per heavy atom. The van der Waals surface area contributed by atoms with Gasteiger partial charge in [-0.1, -0.05) is 67.1 Å². The fourth-order valence-electron chi connectivity index (χ4n) is 4.49. The molecule has 0 saturated carbocycles. The minimum Gasteiger partial charge on any atom is -0.489 e. The quantitative estimate of drug-likeness (QED) is 0.235. The van der Waals surface area contributed by atoms with Crippen LogP contribution in [0, 0.1) is 5.82 Å². The number of carbonyl (C=O) groups is 2. The fraction of sp³-hybridized carbons (Fsp3) is 0.290. The predicted molar refractivity (Wildman–Crippen MR) is 142 cm³/mol. The molecule has 0 N–H and O–H groups in total. The lowest BCUT2D eigenvalue weighted by Gasteiger charge is -2.29. The smallest absolute Gasteiger partial charge is 0.349 e. The molecule has 1 saturated heterocycles. The first-order valence-electron chi connectivity index (χ1n) is 12.9. The third kappa shape index (κ3) is 8.28. The summed E-state index contributed by atoms with van der Waals surface area (Å²) in [5, 5.41) is 1.62. The van der Waals surface area contributed by atoms with Gasteiger partial charge in [-0.15, -0.1) is 5.06 Å². The number of hydrogen-bond acceptors (Lipinski definition) is 6. The van der Waals surface area contributed by atoms with E-state index >= 15 is 0 Å². The monoisotopic (exact) mass is 517 g/mol. The first kappa shape index (κ1) is 27.1. The minimum absolute atomic E-state index is 0.0619. The van der Waals surface area contributed by atoms with Gasteiger partial charge in [0.2, 0.25) is 0 Å². The van der Waals surface area contributed by atoms with Crippen molar-refractivity contribution in [2.75, 3.05) is 19.7 Å². The lowest BCUT2D eigenvalue weighted by Crippen LogP contribution is -2.31. The Hall–Kier alpha value is -3.97. The van der Waals surface area contributed by atoms with E-state index < -0.39 is 18.0 Å². The summed E-state index contributed by atoms with van der Waals surface area (Å²) in [6, 6.07) is 25.6. The number of hydroxylamine groups is 2. The highest BCUT2D eigenvalue weighted by Gasteiger charge is 2.27. The third-order valence-electron chi connectivity index (χ3n) is 6.33. The molecule has 4 rings (SSSR count). The van der Waals surface area contributed by atoms with E-state index in [4.69, 9.17) is 14.3 Å². The zero-order chi connectivity index (χ0) is 26.6. The molecule has 1 aliphatic heterocycles. The van der Waals surface area contributed by atoms with Crippen molar-refractivity contribution in [3.8, 4) is 5.75 Å². The molecule has 2 atom stereocenters. The normalized spacial score (nSPS) is 15.5. The van der Waals surface area contributed by atoms with Crippen LogP contribution in [0.1, 0.15) is 42.7 Å². The Labute approximate surface area is 222 Å². The van der Waals surface area contributed by atoms with E-state index in [-0.39, 0.29) is 18.3 Å². The third-order valence-corrected chi connectivity index (χ3v) is 6.33. The van der Waals surface area contributed by atoms with E-state index in [0.717, 1.165) is 42.5 Å². The summed E-state index contributed by atoms with van der Waals surface area (Å²) in [5.41, 5.74) is 1.87. The summed E-state index contributed by atoms with van der Waals surface area (Å²) >= 11 is 0. The van der Waals surface area contributed by atoms with Crippen LogP contribution in [-0.4, -0.2) is 42.8 Å². The summed E-state index contributed by atoms with van der Waals surface area (Å²) in [7, 11) is 0. The number of esters is 1. The van der Waals surface area contributed by atoms with Crippen molar-refractivity contribution in [3.63, 3.8) is 0 Å². The van der Waals surface area contributed by atoms with Crippen LogP contribution in [0.2, 0.25) is 0 Å². The van der Waals surface area contributed by atoms with Gasteiger partial charge in [0, 0.05) is 37.6 Å². The summed E-state index contributed by atoms with van der Waals surface area (Å²) in [5.74, 6) is -1.13. The topological polar surface area (TPSA) is 65.1 Å². The average molecular weight is 518 g/mol. The fourth-order valence-corrected chi connectivity index (χ4v) is 4.49. The Balaban J connectivity index is 1.44. The second-order valence-corrected chi connectivity index (χ2v) is 9.10. The van der Waals surface area contributed by atoms with Crippen LogP contribution in [0.15, 0.2) is 97.1 Å². The highest BCUT2D eigenvalue weighted by atomic mass is 19.1. The molecule has 3 aromatic rings. The van der Waals surface area contributed by atoms with E-state index in [9.17, 15) is 14.0 Å². The predicted octanol–water partition coefficient (Wildman–Crippen LogP) is 5.84. The summed E-state index contributed by atoms with van der Waals surface area (Å²) < 4.78 is 25.5. The molecule has 7 heteroatoms. The van der Waals surface area contributed by atoms with Crippen molar-refractivity contribution in [2.45, 2.75) is 37.7 Å². The van der Waals surface area contributed by atoms with Gasteiger partial charge in [-0.05, 0) is 48.2 Å². The van der Waals surface area contributed by atoms with Gasteiger partial charge in [0.05, 0.1) is 6.61 Å². The highest BCUT2D eigenvalue weighted by molar-refractivity contribution is 5.91. The van der Waals surface area contributed by atoms with Crippen LogP contribution in [0.25, 0.3) is 0 Å². The molecule has 38 heavy (non-hydrogen) atoms. The lowest BCUT2D eigenvalue weighted by molar-refractivity contribution is -0.188. The number of nitrogens with zero attached hydrogens (tertiary/aromatic N) is 1. The number of halogens is 1. The second-order valence-electron chi connectivity index (χ2n) is 9.10. The van der Waals surface area contributed by atoms with Crippen molar-refractivity contribution in [1.82, 2.24) is 5.06 Å². The molecule has 1 heterocycles. The highest BCUT2D eigenvalue weighted by Crippen LogP contribution is 2.33. The van der Waals surface area contributed by atoms with Crippen LogP contribution in [0.3, 0.4) is 0 Å². The van der Waals surface area contributed by atoms with Gasteiger partial charge in [-0.25, -0.2) is 14.0 Å². The molecule has 1 aliphatic rings. The number of para-hydroxylation sites is 1. The maximum Gasteiger partial charge on any atom is 0.349 e. The molecular formula is C31H32FNO5. The summed E-state index contributed by atoms with van der Waals surface area (Å²) in [6.45, 7) is 1.46. The first-order valence-corrected chi connectivity index (χ1v) is 12.9. The molecule has 0 amide bonds. The van der Waals surface area contributed by atoms with E-state index in [2.05, 4.69) is 0 Å². The Morgan fingerprint density at radius 2 is 1.39 bits per heavy atom. The van der Waals surface area contributed by atoms with Gasteiger partial charge in [0.1, 0.15) is 17.7 Å². The molecule has 3 aromatic carbocycles. The molecule has 0 aromatic heterocycles. The Bertz CT molecular complexity index is 1180. The largest absolute Gasteiger partial charge is 0.489 e. The summed E-state index contributed by atoms with van der Waals surface area (Å²) in [4.78, 5) is 29.6. The van der Waals surface area contributed by atoms with E-state index in [1.54, 1.807) is 17.2 Å². The van der Waals surface area contributed by atoms with Gasteiger partial charge < -0.3 is 14.3 Å². The molecule has 0 spiro atoms. The molecular weight excluding hydrogens is 485 g/mol. The molecule has 198 valence electrons. The van der Waals surface area contributed by atoms with Crippen molar-refractivity contribution < 1.29 is 28.3 Å². The van der Waals surface area contributed by atoms with E-state index in [1.165, 1.54) is 12.1 Å². The van der Waals surface area contributed by atoms with Crippen LogP contribution in [0.4, 0.5) is 4.39 Å². The number of hydrogen-bond donors (Lipinski definition) is 0. The van der Waals surface area contributed by atoms with E-state index in [1.807, 2.05) is 60.7 Å². The summed E-state index contributed by atoms with van der Waals surface area (Å²) in [6.07, 6.45) is 5.18. The molecule has 0 aliphatic carbocycles. The number of piperidine rings is 1. The SMILES string of the molecule is O=C(/C=C/C(=O)ON1CCCCC1)OCCC(Oc1ccccc1)C(c1ccccc1)c1ccc(F)cc1. The van der Waals surface area contributed by atoms with Crippen LogP contribution in [-0.2, 0) is 19.2 Å². The van der Waals surface area contributed by atoms with Gasteiger partial charge in [0.25, 0.3) is 0 Å². The van der Waals surface area contributed by atoms with Crippen molar-refractivity contribution in [2.24, 2.45) is 0 Å². The standard InChI is InChI=1S/C31H32FNO5/c32-26-16-14-25(15-17-26)31(24-10-4-1-5-11-24)28(37-27-12-6-2-7-13-27)20-23-36-29(34)18-19-30(35)38-33-21-8-3-9-22-33/h1-2,4-7,10-19,28,31H,3,8-9,20-23H2/b19-18+. The maximum atomic E-state index is 13.7. The van der Waals surface area contributed by atoms with Crippen molar-refractivity contribution in [1.29, 1.82) is 0 Å². The molecule has 1 fully saturated rings. The van der Waals surface area contributed by atoms with Gasteiger partial charge in [-0.3, -0.25) is 0 Å². The number of rotatable bonds is 11. The van der Waals surface area contributed by atoms with Gasteiger partial charge in [0.15, 0.2) is 0 Å². The Morgan fingerprint density at radius 3 is 2.08 bits per heavy atom. The van der Waals surface area contributed by atoms with Crippen LogP contribution in [0.5, 0.6) is 5.75 Å². The molecule has 0 radical (unpaired) electrons. The van der Waals surface area contributed by atoms with Crippen molar-refractivity contribution >= 4 is 11.9 Å². The van der Waals surface area contributed by atoms with Gasteiger partial charge in [-0.2, -0.15) is 0 Å². The number of ether oxygens (including phenoxy) is 2. The van der Waals surface area contributed by atoms with Crippen molar-refractivity contribution in [3.05, 3.63) is 114 Å².